The summed E-state index contributed by atoms with van der Waals surface area (Å²) in [5.74, 6) is -0.0407. The molecule has 136 valence electrons. The van der Waals surface area contributed by atoms with Crippen LogP contribution in [0.5, 0.6) is 5.75 Å². The van der Waals surface area contributed by atoms with Crippen molar-refractivity contribution in [2.45, 2.75) is 32.7 Å². The van der Waals surface area contributed by atoms with E-state index in [9.17, 15) is 9.59 Å². The smallest absolute Gasteiger partial charge is 0.417 e. The first kappa shape index (κ1) is 17.2. The molecule has 1 N–H and O–H groups in total. The average Bonchev–Trinajstić information content (AvgIpc) is 3.23. The van der Waals surface area contributed by atoms with Gasteiger partial charge in [-0.2, -0.15) is 0 Å². The summed E-state index contributed by atoms with van der Waals surface area (Å²) in [5, 5.41) is 0.754. The van der Waals surface area contributed by atoms with E-state index in [2.05, 4.69) is 4.98 Å². The molecule has 0 saturated carbocycles. The van der Waals surface area contributed by atoms with E-state index < -0.39 is 5.76 Å². The number of fused-ring (bicyclic) bond motifs is 3. The van der Waals surface area contributed by atoms with E-state index in [1.54, 1.807) is 16.7 Å². The van der Waals surface area contributed by atoms with Gasteiger partial charge in [0.15, 0.2) is 11.1 Å². The Bertz CT molecular complexity index is 1130. The van der Waals surface area contributed by atoms with Crippen LogP contribution in [0.25, 0.3) is 11.1 Å². The lowest BCUT2D eigenvalue weighted by Crippen LogP contribution is -2.25. The number of aromatic amines is 1. The lowest BCUT2D eigenvalue weighted by Gasteiger charge is -2.17. The van der Waals surface area contributed by atoms with Crippen molar-refractivity contribution in [3.8, 4) is 5.75 Å². The SMILES string of the molecule is CCOc1ccc(Cl)c(Cl)c1Cn1c2c(c3oc(=O)[nH]c3c1=O)CCC2. The van der Waals surface area contributed by atoms with E-state index in [1.807, 2.05) is 6.92 Å². The molecule has 0 bridgehead atoms. The number of oxazole rings is 1. The molecule has 0 amide bonds. The summed E-state index contributed by atoms with van der Waals surface area (Å²) in [5.41, 5.74) is 2.64. The summed E-state index contributed by atoms with van der Waals surface area (Å²) in [6.07, 6.45) is 2.39. The summed E-state index contributed by atoms with van der Waals surface area (Å²) in [6.45, 7) is 2.55. The van der Waals surface area contributed by atoms with Gasteiger partial charge < -0.3 is 13.7 Å². The molecule has 4 rings (SSSR count). The molecule has 3 aromatic rings. The Hall–Kier alpha value is -2.18. The van der Waals surface area contributed by atoms with E-state index in [1.165, 1.54) is 0 Å². The Morgan fingerprint density at radius 3 is 2.85 bits per heavy atom. The quantitative estimate of drug-likeness (QED) is 0.733. The van der Waals surface area contributed by atoms with Gasteiger partial charge in [0.2, 0.25) is 0 Å². The molecule has 0 spiro atoms. The normalized spacial score (nSPS) is 13.3. The summed E-state index contributed by atoms with van der Waals surface area (Å²) < 4.78 is 12.5. The lowest BCUT2D eigenvalue weighted by molar-refractivity contribution is 0.335. The molecule has 0 atom stereocenters. The van der Waals surface area contributed by atoms with Crippen LogP contribution in [0, 0.1) is 0 Å². The Balaban J connectivity index is 1.95. The fourth-order valence-corrected chi connectivity index (χ4v) is 3.95. The highest BCUT2D eigenvalue weighted by Crippen LogP contribution is 2.35. The molecular weight excluding hydrogens is 379 g/mol. The highest BCUT2D eigenvalue weighted by molar-refractivity contribution is 6.42. The number of hydrogen-bond donors (Lipinski definition) is 1. The number of nitrogens with one attached hydrogen (secondary N) is 1. The van der Waals surface area contributed by atoms with Crippen molar-refractivity contribution in [1.29, 1.82) is 0 Å². The maximum Gasteiger partial charge on any atom is 0.417 e. The van der Waals surface area contributed by atoms with Crippen molar-refractivity contribution < 1.29 is 9.15 Å². The highest BCUT2D eigenvalue weighted by atomic mass is 35.5. The monoisotopic (exact) mass is 394 g/mol. The highest BCUT2D eigenvalue weighted by Gasteiger charge is 2.25. The van der Waals surface area contributed by atoms with Gasteiger partial charge in [0.25, 0.3) is 5.56 Å². The van der Waals surface area contributed by atoms with Gasteiger partial charge in [-0.25, -0.2) is 4.79 Å². The van der Waals surface area contributed by atoms with Crippen LogP contribution >= 0.6 is 23.2 Å². The Morgan fingerprint density at radius 1 is 1.27 bits per heavy atom. The number of halogens is 2. The predicted molar refractivity (Wildman–Crippen MR) is 99.9 cm³/mol. The van der Waals surface area contributed by atoms with Crippen LogP contribution in [0.2, 0.25) is 10.0 Å². The standard InChI is InChI=1S/C18H16Cl2N2O4/c1-2-25-13-7-6-11(19)14(20)10(13)8-22-12-5-3-4-9(12)16-15(17(22)23)21-18(24)26-16/h6-7H,2-5,8H2,1H3,(H,21,24). The van der Waals surface area contributed by atoms with E-state index in [0.29, 0.717) is 33.5 Å². The van der Waals surface area contributed by atoms with Crippen molar-refractivity contribution in [3.05, 3.63) is 59.9 Å². The first-order valence-corrected chi connectivity index (χ1v) is 9.14. The van der Waals surface area contributed by atoms with Gasteiger partial charge in [0.05, 0.1) is 23.2 Å². The lowest BCUT2D eigenvalue weighted by atomic mass is 10.1. The fourth-order valence-electron chi connectivity index (χ4n) is 3.56. The minimum absolute atomic E-state index is 0.187. The van der Waals surface area contributed by atoms with Crippen molar-refractivity contribution in [2.75, 3.05) is 6.61 Å². The minimum Gasteiger partial charge on any atom is -0.493 e. The van der Waals surface area contributed by atoms with Gasteiger partial charge in [0.1, 0.15) is 5.75 Å². The molecule has 2 aromatic heterocycles. The van der Waals surface area contributed by atoms with Crippen LogP contribution in [-0.4, -0.2) is 16.2 Å². The summed E-state index contributed by atoms with van der Waals surface area (Å²) in [4.78, 5) is 27.1. The summed E-state index contributed by atoms with van der Waals surface area (Å²) >= 11 is 12.6. The zero-order chi connectivity index (χ0) is 18.4. The van der Waals surface area contributed by atoms with Gasteiger partial charge in [-0.1, -0.05) is 23.2 Å². The number of pyridine rings is 1. The Morgan fingerprint density at radius 2 is 2.08 bits per heavy atom. The first-order valence-electron chi connectivity index (χ1n) is 8.38. The van der Waals surface area contributed by atoms with Crippen molar-refractivity contribution >= 4 is 34.3 Å². The summed E-state index contributed by atoms with van der Waals surface area (Å²) in [6, 6.07) is 3.42. The molecular formula is C18H16Cl2N2O4. The Kier molecular flexibility index (Phi) is 4.32. The first-order chi connectivity index (χ1) is 12.5. The van der Waals surface area contributed by atoms with E-state index in [0.717, 1.165) is 30.5 Å². The zero-order valence-electron chi connectivity index (χ0n) is 14.0. The van der Waals surface area contributed by atoms with Gasteiger partial charge in [-0.3, -0.25) is 9.78 Å². The fraction of sp³-hybridized carbons (Fsp3) is 0.333. The third-order valence-corrected chi connectivity index (χ3v) is 5.51. The number of H-pyrrole nitrogens is 1. The minimum atomic E-state index is -0.625. The second kappa shape index (κ2) is 6.52. The molecule has 2 heterocycles. The predicted octanol–water partition coefficient (Wildman–Crippen LogP) is 3.53. The number of ether oxygens (including phenoxy) is 1. The van der Waals surface area contributed by atoms with Crippen LogP contribution in [0.15, 0.2) is 26.1 Å². The van der Waals surface area contributed by atoms with Gasteiger partial charge in [0, 0.05) is 16.8 Å². The molecule has 1 aliphatic rings. The number of benzene rings is 1. The number of hydrogen-bond acceptors (Lipinski definition) is 4. The molecule has 1 aromatic carbocycles. The second-order valence-corrected chi connectivity index (χ2v) is 6.94. The Labute approximate surface area is 158 Å². The molecule has 0 unspecified atom stereocenters. The van der Waals surface area contributed by atoms with Crippen LogP contribution in [0.4, 0.5) is 0 Å². The number of nitrogens with zero attached hydrogens (tertiary/aromatic N) is 1. The maximum absolute atomic E-state index is 13.0. The molecule has 1 aliphatic carbocycles. The van der Waals surface area contributed by atoms with E-state index in [-0.39, 0.29) is 17.6 Å². The maximum atomic E-state index is 13.0. The molecule has 26 heavy (non-hydrogen) atoms. The molecule has 6 nitrogen and oxygen atoms in total. The third-order valence-electron chi connectivity index (χ3n) is 4.67. The molecule has 0 saturated heterocycles. The second-order valence-electron chi connectivity index (χ2n) is 6.16. The van der Waals surface area contributed by atoms with Gasteiger partial charge in [-0.05, 0) is 38.3 Å². The van der Waals surface area contributed by atoms with Crippen LogP contribution in [0.1, 0.15) is 30.2 Å². The molecule has 0 aliphatic heterocycles. The zero-order valence-corrected chi connectivity index (χ0v) is 15.5. The molecule has 0 fully saturated rings. The van der Waals surface area contributed by atoms with E-state index in [4.69, 9.17) is 32.4 Å². The van der Waals surface area contributed by atoms with Crippen molar-refractivity contribution in [1.82, 2.24) is 9.55 Å². The topological polar surface area (TPSA) is 77.2 Å². The van der Waals surface area contributed by atoms with Gasteiger partial charge >= 0.3 is 5.76 Å². The third kappa shape index (κ3) is 2.64. The summed E-state index contributed by atoms with van der Waals surface area (Å²) in [7, 11) is 0. The molecule has 0 radical (unpaired) electrons. The van der Waals surface area contributed by atoms with Crippen molar-refractivity contribution in [3.63, 3.8) is 0 Å². The number of rotatable bonds is 4. The largest absolute Gasteiger partial charge is 0.493 e. The van der Waals surface area contributed by atoms with Gasteiger partial charge in [-0.15, -0.1) is 0 Å². The van der Waals surface area contributed by atoms with E-state index >= 15 is 0 Å². The molecule has 8 heteroatoms. The van der Waals surface area contributed by atoms with Crippen LogP contribution < -0.4 is 16.1 Å². The average molecular weight is 395 g/mol. The van der Waals surface area contributed by atoms with Crippen LogP contribution in [0.3, 0.4) is 0 Å². The number of aromatic nitrogens is 2. The van der Waals surface area contributed by atoms with Crippen LogP contribution in [-0.2, 0) is 19.4 Å². The number of aryl methyl sites for hydroxylation is 1. The van der Waals surface area contributed by atoms with Crippen molar-refractivity contribution in [2.24, 2.45) is 0 Å².